The maximum atomic E-state index is 9.01. The monoisotopic (exact) mass is 199 g/mol. The van der Waals surface area contributed by atoms with Gasteiger partial charge in [-0.25, -0.2) is 4.98 Å². The molecule has 0 amide bonds. The Morgan fingerprint density at radius 3 is 2.21 bits per heavy atom. The second-order valence-corrected chi connectivity index (χ2v) is 2.97. The lowest BCUT2D eigenvalue weighted by molar-refractivity contribution is 0.0831. The van der Waals surface area contributed by atoms with E-state index in [-0.39, 0.29) is 0 Å². The van der Waals surface area contributed by atoms with Crippen molar-refractivity contribution in [2.24, 2.45) is 0 Å². The van der Waals surface area contributed by atoms with E-state index < -0.39 is 25.4 Å². The van der Waals surface area contributed by atoms with Crippen molar-refractivity contribution in [2.75, 3.05) is 25.1 Å². The number of aromatic nitrogens is 2. The number of hydrogen-bond donors (Lipinski definition) is 4. The Balaban J connectivity index is 2.74. The lowest BCUT2D eigenvalue weighted by Gasteiger charge is -2.28. The molecule has 14 heavy (non-hydrogen) atoms. The molecule has 6 heteroatoms. The summed E-state index contributed by atoms with van der Waals surface area (Å²) < 4.78 is 0. The molecule has 1 aromatic heterocycles. The van der Waals surface area contributed by atoms with Crippen molar-refractivity contribution in [2.45, 2.75) is 5.54 Å². The average molecular weight is 199 g/mol. The van der Waals surface area contributed by atoms with Gasteiger partial charge in [0.05, 0.1) is 26.0 Å². The van der Waals surface area contributed by atoms with Gasteiger partial charge in [-0.15, -0.1) is 0 Å². The molecule has 0 aliphatic carbocycles. The molecule has 0 fully saturated rings. The van der Waals surface area contributed by atoms with Crippen LogP contribution < -0.4 is 5.32 Å². The summed E-state index contributed by atoms with van der Waals surface area (Å²) in [5.74, 6) is 0.393. The zero-order valence-corrected chi connectivity index (χ0v) is 7.59. The lowest BCUT2D eigenvalue weighted by Crippen LogP contribution is -2.49. The van der Waals surface area contributed by atoms with Crippen LogP contribution in [0.4, 0.5) is 5.82 Å². The normalized spacial score (nSPS) is 11.4. The predicted molar refractivity (Wildman–Crippen MR) is 49.6 cm³/mol. The van der Waals surface area contributed by atoms with E-state index in [2.05, 4.69) is 15.3 Å². The molecule has 1 rings (SSSR count). The summed E-state index contributed by atoms with van der Waals surface area (Å²) in [4.78, 5) is 7.70. The fraction of sp³-hybridized carbons (Fsp3) is 0.500. The van der Waals surface area contributed by atoms with Crippen molar-refractivity contribution in [3.05, 3.63) is 18.6 Å². The minimum atomic E-state index is -1.16. The Bertz CT molecular complexity index is 256. The van der Waals surface area contributed by atoms with Gasteiger partial charge in [-0.3, -0.25) is 4.98 Å². The first-order chi connectivity index (χ1) is 6.76. The van der Waals surface area contributed by atoms with E-state index in [4.69, 9.17) is 15.3 Å². The quantitative estimate of drug-likeness (QED) is 0.466. The number of rotatable bonds is 5. The third kappa shape index (κ3) is 2.38. The van der Waals surface area contributed by atoms with Crippen LogP contribution in [0.15, 0.2) is 18.6 Å². The Labute approximate surface area is 81.3 Å². The van der Waals surface area contributed by atoms with Crippen molar-refractivity contribution in [3.8, 4) is 0 Å². The highest BCUT2D eigenvalue weighted by molar-refractivity contribution is 5.34. The number of aliphatic hydroxyl groups excluding tert-OH is 3. The molecule has 6 nitrogen and oxygen atoms in total. The van der Waals surface area contributed by atoms with Crippen molar-refractivity contribution in [1.29, 1.82) is 0 Å². The van der Waals surface area contributed by atoms with Gasteiger partial charge >= 0.3 is 0 Å². The maximum Gasteiger partial charge on any atom is 0.145 e. The van der Waals surface area contributed by atoms with Crippen LogP contribution in [0.25, 0.3) is 0 Å². The molecule has 0 aliphatic rings. The number of aliphatic hydroxyl groups is 3. The minimum absolute atomic E-state index is 0.392. The van der Waals surface area contributed by atoms with Gasteiger partial charge in [-0.05, 0) is 0 Å². The SMILES string of the molecule is OCC(CO)(CO)Nc1cnccn1. The lowest BCUT2D eigenvalue weighted by atomic mass is 10.0. The first-order valence-electron chi connectivity index (χ1n) is 4.13. The van der Waals surface area contributed by atoms with Crippen LogP contribution in [0, 0.1) is 0 Å². The summed E-state index contributed by atoms with van der Waals surface area (Å²) in [5.41, 5.74) is -1.16. The van der Waals surface area contributed by atoms with E-state index in [1.165, 1.54) is 18.6 Å². The Morgan fingerprint density at radius 2 is 1.79 bits per heavy atom. The number of nitrogens with one attached hydrogen (secondary N) is 1. The standard InChI is InChI=1S/C8H13N3O3/c12-4-8(5-13,6-14)11-7-3-9-1-2-10-7/h1-3,12-14H,4-6H2,(H,10,11). The predicted octanol–water partition coefficient (Wildman–Crippen LogP) is -1.40. The van der Waals surface area contributed by atoms with Crippen molar-refractivity contribution in [1.82, 2.24) is 9.97 Å². The van der Waals surface area contributed by atoms with Gasteiger partial charge in [0.2, 0.25) is 0 Å². The maximum absolute atomic E-state index is 9.01. The molecule has 0 bridgehead atoms. The van der Waals surface area contributed by atoms with Crippen LogP contribution >= 0.6 is 0 Å². The van der Waals surface area contributed by atoms with Crippen molar-refractivity contribution >= 4 is 5.82 Å². The Kier molecular flexibility index (Phi) is 3.75. The first kappa shape index (κ1) is 10.8. The third-order valence-corrected chi connectivity index (χ3v) is 1.86. The number of hydrogen-bond acceptors (Lipinski definition) is 6. The van der Waals surface area contributed by atoms with Gasteiger partial charge in [-0.1, -0.05) is 0 Å². The first-order valence-corrected chi connectivity index (χ1v) is 4.13. The van der Waals surface area contributed by atoms with Crippen molar-refractivity contribution in [3.63, 3.8) is 0 Å². The third-order valence-electron chi connectivity index (χ3n) is 1.86. The molecule has 0 aromatic carbocycles. The molecule has 0 spiro atoms. The van der Waals surface area contributed by atoms with Crippen LogP contribution in [-0.2, 0) is 0 Å². The van der Waals surface area contributed by atoms with Crippen LogP contribution in [0.1, 0.15) is 0 Å². The fourth-order valence-corrected chi connectivity index (χ4v) is 0.904. The van der Waals surface area contributed by atoms with Crippen LogP contribution in [0.3, 0.4) is 0 Å². The van der Waals surface area contributed by atoms with E-state index in [1.54, 1.807) is 0 Å². The molecule has 1 aromatic rings. The molecule has 0 atom stereocenters. The van der Waals surface area contributed by atoms with Crippen LogP contribution in [-0.4, -0.2) is 50.6 Å². The Hall–Kier alpha value is -1.24. The van der Waals surface area contributed by atoms with E-state index in [0.717, 1.165) is 0 Å². The van der Waals surface area contributed by atoms with Crippen molar-refractivity contribution < 1.29 is 15.3 Å². The van der Waals surface area contributed by atoms with E-state index in [0.29, 0.717) is 5.82 Å². The second kappa shape index (κ2) is 4.85. The van der Waals surface area contributed by atoms with Gasteiger partial charge in [0.1, 0.15) is 11.4 Å². The molecule has 78 valence electrons. The molecule has 1 heterocycles. The van der Waals surface area contributed by atoms with Gasteiger partial charge in [0.25, 0.3) is 0 Å². The summed E-state index contributed by atoms with van der Waals surface area (Å²) in [6.07, 6.45) is 4.42. The molecule has 0 radical (unpaired) electrons. The summed E-state index contributed by atoms with van der Waals surface area (Å²) in [6.45, 7) is -1.18. The number of nitrogens with zero attached hydrogens (tertiary/aromatic N) is 2. The Morgan fingerprint density at radius 1 is 1.14 bits per heavy atom. The molecule has 0 saturated carbocycles. The summed E-state index contributed by atoms with van der Waals surface area (Å²) in [7, 11) is 0. The van der Waals surface area contributed by atoms with Gasteiger partial charge in [0, 0.05) is 12.4 Å². The topological polar surface area (TPSA) is 98.5 Å². The highest BCUT2D eigenvalue weighted by Gasteiger charge is 2.28. The van der Waals surface area contributed by atoms with E-state index >= 15 is 0 Å². The highest BCUT2D eigenvalue weighted by Crippen LogP contribution is 2.10. The smallest absolute Gasteiger partial charge is 0.145 e. The zero-order chi connectivity index (χ0) is 10.4. The fourth-order valence-electron chi connectivity index (χ4n) is 0.904. The van der Waals surface area contributed by atoms with Crippen LogP contribution in [0.2, 0.25) is 0 Å². The summed E-state index contributed by atoms with van der Waals surface area (Å²) in [5, 5.41) is 29.7. The molecular formula is C8H13N3O3. The summed E-state index contributed by atoms with van der Waals surface area (Å²) >= 11 is 0. The molecule has 4 N–H and O–H groups in total. The minimum Gasteiger partial charge on any atom is -0.394 e. The summed E-state index contributed by atoms with van der Waals surface area (Å²) in [6, 6.07) is 0. The second-order valence-electron chi connectivity index (χ2n) is 2.97. The van der Waals surface area contributed by atoms with Crippen LogP contribution in [0.5, 0.6) is 0 Å². The van der Waals surface area contributed by atoms with Gasteiger partial charge < -0.3 is 20.6 Å². The molecule has 0 unspecified atom stereocenters. The number of anilines is 1. The largest absolute Gasteiger partial charge is 0.394 e. The van der Waals surface area contributed by atoms with Gasteiger partial charge in [0.15, 0.2) is 0 Å². The van der Waals surface area contributed by atoms with E-state index in [9.17, 15) is 0 Å². The average Bonchev–Trinajstić information content (AvgIpc) is 2.28. The molecular weight excluding hydrogens is 186 g/mol. The zero-order valence-electron chi connectivity index (χ0n) is 7.59. The van der Waals surface area contributed by atoms with E-state index in [1.807, 2.05) is 0 Å². The highest BCUT2D eigenvalue weighted by atomic mass is 16.3. The van der Waals surface area contributed by atoms with Gasteiger partial charge in [-0.2, -0.15) is 0 Å². The molecule has 0 saturated heterocycles. The molecule has 0 aliphatic heterocycles.